The Hall–Kier alpha value is -1.84. The lowest BCUT2D eigenvalue weighted by atomic mass is 9.77. The van der Waals surface area contributed by atoms with Crippen LogP contribution in [0.5, 0.6) is 0 Å². The predicted molar refractivity (Wildman–Crippen MR) is 100 cm³/mol. The Labute approximate surface area is 161 Å². The van der Waals surface area contributed by atoms with Crippen LogP contribution in [-0.2, 0) is 6.42 Å². The van der Waals surface area contributed by atoms with Crippen molar-refractivity contribution in [2.45, 2.75) is 45.4 Å². The average molecular weight is 392 g/mol. The molecule has 1 saturated carbocycles. The highest BCUT2D eigenvalue weighted by Crippen LogP contribution is 2.35. The summed E-state index contributed by atoms with van der Waals surface area (Å²) >= 11 is 7.38. The molecule has 2 heterocycles. The van der Waals surface area contributed by atoms with Gasteiger partial charge in [0, 0.05) is 12.6 Å². The minimum absolute atomic E-state index is 0.0416. The van der Waals surface area contributed by atoms with Crippen molar-refractivity contribution in [2.75, 3.05) is 0 Å². The van der Waals surface area contributed by atoms with Crippen LogP contribution in [0.1, 0.15) is 52.5 Å². The van der Waals surface area contributed by atoms with Crippen LogP contribution in [0.25, 0.3) is 4.85 Å². The van der Waals surface area contributed by atoms with Gasteiger partial charge >= 0.3 is 0 Å². The van der Waals surface area contributed by atoms with Crippen LogP contribution >= 0.6 is 22.9 Å². The van der Waals surface area contributed by atoms with Gasteiger partial charge in [0.25, 0.3) is 0 Å². The molecule has 1 aliphatic rings. The second-order valence-corrected chi connectivity index (χ2v) is 8.41. The summed E-state index contributed by atoms with van der Waals surface area (Å²) in [6.45, 7) is 8.86. The van der Waals surface area contributed by atoms with E-state index in [9.17, 15) is 9.18 Å². The highest BCUT2D eigenvalue weighted by Gasteiger charge is 2.26. The van der Waals surface area contributed by atoms with Crippen LogP contribution in [0.2, 0.25) is 5.15 Å². The number of hydrogen-bond acceptors (Lipinski definition) is 4. The van der Waals surface area contributed by atoms with Gasteiger partial charge in [-0.15, -0.1) is 11.3 Å². The molecule has 0 saturated heterocycles. The maximum Gasteiger partial charge on any atom is 0.226 e. The molecule has 2 aromatic heterocycles. The second kappa shape index (κ2) is 8.24. The number of halogens is 2. The molecule has 0 spiro atoms. The van der Waals surface area contributed by atoms with E-state index in [2.05, 4.69) is 14.8 Å². The first-order valence-electron chi connectivity index (χ1n) is 8.64. The van der Waals surface area contributed by atoms with Gasteiger partial charge in [-0.25, -0.2) is 19.2 Å². The first-order valence-corrected chi connectivity index (χ1v) is 9.83. The van der Waals surface area contributed by atoms with Crippen molar-refractivity contribution in [1.29, 1.82) is 0 Å². The van der Waals surface area contributed by atoms with Crippen molar-refractivity contribution in [2.24, 2.45) is 11.8 Å². The lowest BCUT2D eigenvalue weighted by Gasteiger charge is -2.28. The molecule has 0 unspecified atom stereocenters. The van der Waals surface area contributed by atoms with Crippen LogP contribution in [0, 0.1) is 31.1 Å². The average Bonchev–Trinajstić information content (AvgIpc) is 3.05. The quantitative estimate of drug-likeness (QED) is 0.367. The lowest BCUT2D eigenvalue weighted by Crippen LogP contribution is -2.20. The number of carbonyl (C=O) groups is 1. The van der Waals surface area contributed by atoms with Gasteiger partial charge in [0.05, 0.1) is 22.2 Å². The van der Waals surface area contributed by atoms with Crippen LogP contribution in [-0.4, -0.2) is 15.8 Å². The van der Waals surface area contributed by atoms with Gasteiger partial charge in [0.1, 0.15) is 11.0 Å². The first-order chi connectivity index (χ1) is 12.5. The highest BCUT2D eigenvalue weighted by molar-refractivity contribution is 7.13. The lowest BCUT2D eigenvalue weighted by molar-refractivity contribution is 0.0943. The van der Waals surface area contributed by atoms with Gasteiger partial charge < -0.3 is 0 Å². The molecule has 0 N–H and O–H groups in total. The smallest absolute Gasteiger partial charge is 0.226 e. The molecule has 1 fully saturated rings. The standard InChI is InChI=1S/C19H19ClFN3OS/c1-11-23-10-18(26-11)17(25)8-13-5-3-4-12(6-13)7-15-14(21)9-16(22-2)19(20)24-15/h9-10,12-13H,3-8H2,1H3/t12-,13+/m1/s1. The Morgan fingerprint density at radius 3 is 2.92 bits per heavy atom. The number of hydrogen-bond donors (Lipinski definition) is 0. The summed E-state index contributed by atoms with van der Waals surface area (Å²) in [5.41, 5.74) is 0.359. The molecular formula is C19H19ClFN3OS. The number of nitrogens with zero attached hydrogens (tertiary/aromatic N) is 3. The van der Waals surface area contributed by atoms with E-state index in [1.54, 1.807) is 6.20 Å². The normalized spacial score (nSPS) is 19.9. The molecule has 0 aromatic carbocycles. The Bertz CT molecular complexity index is 861. The fourth-order valence-corrected chi connectivity index (χ4v) is 4.54. The molecule has 4 nitrogen and oxygen atoms in total. The maximum atomic E-state index is 14.2. The molecule has 2 aromatic rings. The van der Waals surface area contributed by atoms with E-state index in [4.69, 9.17) is 18.2 Å². The van der Waals surface area contributed by atoms with E-state index in [1.807, 2.05) is 6.92 Å². The van der Waals surface area contributed by atoms with Crippen molar-refractivity contribution in [3.8, 4) is 0 Å². The Kier molecular flexibility index (Phi) is 6.00. The number of ketones is 1. The van der Waals surface area contributed by atoms with Crippen LogP contribution in [0.15, 0.2) is 12.3 Å². The fourth-order valence-electron chi connectivity index (χ4n) is 3.61. The molecular weight excluding hydrogens is 373 g/mol. The third-order valence-electron chi connectivity index (χ3n) is 4.85. The number of carbonyl (C=O) groups excluding carboxylic acids is 1. The van der Waals surface area contributed by atoms with Crippen LogP contribution in [0.3, 0.4) is 0 Å². The monoisotopic (exact) mass is 391 g/mol. The largest absolute Gasteiger partial charge is 0.293 e. The molecule has 0 amide bonds. The van der Waals surface area contributed by atoms with E-state index in [0.29, 0.717) is 24.5 Å². The molecule has 3 rings (SSSR count). The molecule has 26 heavy (non-hydrogen) atoms. The summed E-state index contributed by atoms with van der Waals surface area (Å²) in [6.07, 6.45) is 6.59. The molecule has 0 radical (unpaired) electrons. The van der Waals surface area contributed by atoms with E-state index < -0.39 is 5.82 Å². The zero-order valence-electron chi connectivity index (χ0n) is 14.5. The van der Waals surface area contributed by atoms with Crippen LogP contribution < -0.4 is 0 Å². The van der Waals surface area contributed by atoms with Crippen molar-refractivity contribution in [3.63, 3.8) is 0 Å². The SMILES string of the molecule is [C-]#[N+]c1cc(F)c(C[C@@H]2CCC[C@H](CC(=O)c3cnc(C)s3)C2)nc1Cl. The van der Waals surface area contributed by atoms with Crippen LogP contribution in [0.4, 0.5) is 10.1 Å². The maximum absolute atomic E-state index is 14.2. The third kappa shape index (κ3) is 4.46. The van der Waals surface area contributed by atoms with E-state index in [1.165, 1.54) is 11.3 Å². The summed E-state index contributed by atoms with van der Waals surface area (Å²) < 4.78 is 14.2. The van der Waals surface area contributed by atoms with E-state index >= 15 is 0 Å². The number of aromatic nitrogens is 2. The van der Waals surface area contributed by atoms with Gasteiger partial charge in [0.15, 0.2) is 5.78 Å². The molecule has 136 valence electrons. The summed E-state index contributed by atoms with van der Waals surface area (Å²) in [5.74, 6) is 0.264. The van der Waals surface area contributed by atoms with Gasteiger partial charge in [-0.05, 0) is 44.1 Å². The summed E-state index contributed by atoms with van der Waals surface area (Å²) in [5, 5.41) is 0.954. The number of rotatable bonds is 5. The molecule has 2 atom stereocenters. The highest BCUT2D eigenvalue weighted by atomic mass is 35.5. The van der Waals surface area contributed by atoms with Crippen molar-refractivity contribution < 1.29 is 9.18 Å². The summed E-state index contributed by atoms with van der Waals surface area (Å²) in [4.78, 5) is 24.5. The van der Waals surface area contributed by atoms with E-state index in [-0.39, 0.29) is 22.5 Å². The summed E-state index contributed by atoms with van der Waals surface area (Å²) in [7, 11) is 0. The Morgan fingerprint density at radius 2 is 2.23 bits per heavy atom. The Morgan fingerprint density at radius 1 is 1.46 bits per heavy atom. The molecule has 1 aliphatic carbocycles. The summed E-state index contributed by atoms with van der Waals surface area (Å²) in [6, 6.07) is 1.16. The van der Waals surface area contributed by atoms with Gasteiger partial charge in [-0.1, -0.05) is 24.4 Å². The number of aryl methyl sites for hydroxylation is 1. The van der Waals surface area contributed by atoms with Gasteiger partial charge in [-0.2, -0.15) is 0 Å². The number of thiazole rings is 1. The molecule has 0 aliphatic heterocycles. The predicted octanol–water partition coefficient (Wildman–Crippen LogP) is 5.81. The zero-order valence-corrected chi connectivity index (χ0v) is 16.0. The second-order valence-electron chi connectivity index (χ2n) is 6.81. The zero-order chi connectivity index (χ0) is 18.7. The van der Waals surface area contributed by atoms with E-state index in [0.717, 1.165) is 41.6 Å². The molecule has 7 heteroatoms. The third-order valence-corrected chi connectivity index (χ3v) is 6.08. The van der Waals surface area contributed by atoms with Crippen molar-refractivity contribution >= 4 is 34.4 Å². The number of Topliss-reactive ketones (excluding diaryl/α,β-unsaturated/α-hetero) is 1. The minimum Gasteiger partial charge on any atom is -0.293 e. The topological polar surface area (TPSA) is 47.2 Å². The fraction of sp³-hybridized carbons (Fsp3) is 0.474. The van der Waals surface area contributed by atoms with Crippen molar-refractivity contribution in [3.05, 3.63) is 50.2 Å². The van der Waals surface area contributed by atoms with Gasteiger partial charge in [0.2, 0.25) is 5.69 Å². The Balaban J connectivity index is 1.63. The minimum atomic E-state index is -0.473. The first kappa shape index (κ1) is 18.9. The van der Waals surface area contributed by atoms with Crippen molar-refractivity contribution in [1.82, 2.24) is 9.97 Å². The number of pyridine rings is 1. The molecule has 0 bridgehead atoms. The van der Waals surface area contributed by atoms with Gasteiger partial charge in [-0.3, -0.25) is 4.79 Å².